The van der Waals surface area contributed by atoms with Gasteiger partial charge in [-0.25, -0.2) is 9.59 Å². The number of rotatable bonds is 13. The smallest absolute Gasteiger partial charge is 0.337 e. The molecule has 6 rings (SSSR count). The van der Waals surface area contributed by atoms with Crippen LogP contribution in [0.4, 0.5) is 4.79 Å². The molecular formula is C39H38N4O7. The van der Waals surface area contributed by atoms with Crippen LogP contribution in [-0.2, 0) is 16.1 Å². The number of hydrogen-bond acceptors (Lipinski definition) is 9. The third-order valence-corrected chi connectivity index (χ3v) is 8.28. The van der Waals surface area contributed by atoms with Gasteiger partial charge >= 0.3 is 12.0 Å². The third kappa shape index (κ3) is 7.48. The summed E-state index contributed by atoms with van der Waals surface area (Å²) in [5.41, 5.74) is 5.82. The van der Waals surface area contributed by atoms with Gasteiger partial charge in [0.05, 0.1) is 31.5 Å². The lowest BCUT2D eigenvalue weighted by atomic mass is 9.95. The fourth-order valence-electron chi connectivity index (χ4n) is 5.92. The number of hydrazone groups is 1. The summed E-state index contributed by atoms with van der Waals surface area (Å²) in [4.78, 5) is 24.8. The van der Waals surface area contributed by atoms with Crippen molar-refractivity contribution in [2.75, 3.05) is 20.3 Å². The molecule has 0 aliphatic carbocycles. The second-order valence-electron chi connectivity index (χ2n) is 11.5. The Bertz CT molecular complexity index is 2090. The number of fused-ring (bicyclic) bond motifs is 2. The van der Waals surface area contributed by atoms with E-state index < -0.39 is 24.3 Å². The number of aliphatic hydroxyl groups is 1. The standard InChI is InChI=1S/C39H38N4O7/c1-4-48-34-20-27(37-36(38(45)47-3)24(2)41-39(46)42-37)17-19-33(34)50-23-35(44)43-40-21-31-30-15-8-6-11-26(30)16-18-32(31)49-22-28-13-9-12-25-10-5-7-14-29(25)28/h5-21,35,37,43-44H,4,22-23H2,1-3H3,(H2,41,42,46)/b40-21+/t35-,37-/m0/s1. The number of urea groups is 1. The average Bonchev–Trinajstić information content (AvgIpc) is 3.13. The molecule has 1 aliphatic rings. The van der Waals surface area contributed by atoms with Gasteiger partial charge in [-0.2, -0.15) is 5.10 Å². The van der Waals surface area contributed by atoms with Crippen molar-refractivity contribution in [1.82, 2.24) is 16.1 Å². The van der Waals surface area contributed by atoms with E-state index >= 15 is 0 Å². The van der Waals surface area contributed by atoms with Crippen LogP contribution in [-0.4, -0.2) is 49.9 Å². The maximum absolute atomic E-state index is 12.5. The molecule has 0 bridgehead atoms. The number of aliphatic hydroxyl groups excluding tert-OH is 1. The molecule has 11 nitrogen and oxygen atoms in total. The van der Waals surface area contributed by atoms with Gasteiger partial charge in [0.1, 0.15) is 19.0 Å². The van der Waals surface area contributed by atoms with E-state index in [1.54, 1.807) is 31.3 Å². The molecule has 2 amide bonds. The van der Waals surface area contributed by atoms with Crippen LogP contribution in [0.25, 0.3) is 21.5 Å². The number of carbonyl (C=O) groups excluding carboxylic acids is 2. The summed E-state index contributed by atoms with van der Waals surface area (Å²) >= 11 is 0. The summed E-state index contributed by atoms with van der Waals surface area (Å²) < 4.78 is 23.0. The molecule has 0 spiro atoms. The second-order valence-corrected chi connectivity index (χ2v) is 11.5. The Hall–Kier alpha value is -6.07. The van der Waals surface area contributed by atoms with Crippen molar-refractivity contribution in [1.29, 1.82) is 0 Å². The minimum Gasteiger partial charge on any atom is -0.490 e. The lowest BCUT2D eigenvalue weighted by Gasteiger charge is -2.28. The molecule has 11 heteroatoms. The summed E-state index contributed by atoms with van der Waals surface area (Å²) in [5, 5.41) is 24.7. The maximum atomic E-state index is 12.5. The van der Waals surface area contributed by atoms with E-state index in [9.17, 15) is 14.7 Å². The van der Waals surface area contributed by atoms with Crippen molar-refractivity contribution in [3.63, 3.8) is 0 Å². The average molecular weight is 675 g/mol. The van der Waals surface area contributed by atoms with Gasteiger partial charge in [-0.3, -0.25) is 5.43 Å². The van der Waals surface area contributed by atoms with Gasteiger partial charge in [0.15, 0.2) is 17.7 Å². The molecule has 1 heterocycles. The summed E-state index contributed by atoms with van der Waals surface area (Å²) in [6.45, 7) is 4.00. The number of esters is 1. The number of amides is 2. The molecule has 0 saturated heterocycles. The van der Waals surface area contributed by atoms with Gasteiger partial charge in [0, 0.05) is 11.3 Å². The SMILES string of the molecule is CCOc1cc([C@@H]2NC(=O)NC(C)=C2C(=O)OC)ccc1OC[C@H](O)N/N=C/c1c(OCc2cccc3ccccc23)ccc2ccccc12. The topological polar surface area (TPSA) is 140 Å². The van der Waals surface area contributed by atoms with Crippen molar-refractivity contribution in [3.05, 3.63) is 125 Å². The summed E-state index contributed by atoms with van der Waals surface area (Å²) in [7, 11) is 1.28. The van der Waals surface area contributed by atoms with E-state index in [4.69, 9.17) is 18.9 Å². The van der Waals surface area contributed by atoms with Gasteiger partial charge in [-0.15, -0.1) is 0 Å². The molecule has 2 atom stereocenters. The molecule has 0 aromatic heterocycles. The zero-order chi connectivity index (χ0) is 35.0. The molecular weight excluding hydrogens is 636 g/mol. The van der Waals surface area contributed by atoms with Crippen molar-refractivity contribution in [3.8, 4) is 17.2 Å². The molecule has 0 radical (unpaired) electrons. The Morgan fingerprint density at radius 1 is 0.900 bits per heavy atom. The first kappa shape index (κ1) is 33.8. The van der Waals surface area contributed by atoms with Crippen LogP contribution >= 0.6 is 0 Å². The first-order valence-corrected chi connectivity index (χ1v) is 16.2. The van der Waals surface area contributed by atoms with E-state index in [0.29, 0.717) is 41.7 Å². The molecule has 1 aliphatic heterocycles. The van der Waals surface area contributed by atoms with Crippen LogP contribution in [0.3, 0.4) is 0 Å². The zero-order valence-corrected chi connectivity index (χ0v) is 27.9. The monoisotopic (exact) mass is 674 g/mol. The Labute approximate surface area is 289 Å². The Balaban J connectivity index is 1.15. The largest absolute Gasteiger partial charge is 0.490 e. The molecule has 0 unspecified atom stereocenters. The fourth-order valence-corrected chi connectivity index (χ4v) is 5.92. The first-order chi connectivity index (χ1) is 24.4. The lowest BCUT2D eigenvalue weighted by Crippen LogP contribution is -2.45. The number of nitrogens with one attached hydrogen (secondary N) is 3. The second kappa shape index (κ2) is 15.4. The van der Waals surface area contributed by atoms with Crippen LogP contribution in [0.2, 0.25) is 0 Å². The highest BCUT2D eigenvalue weighted by molar-refractivity contribution is 6.02. The number of hydrogen-bond donors (Lipinski definition) is 4. The van der Waals surface area contributed by atoms with Crippen molar-refractivity contribution in [2.24, 2.45) is 5.10 Å². The van der Waals surface area contributed by atoms with Crippen LogP contribution in [0.1, 0.15) is 36.6 Å². The molecule has 4 N–H and O–H groups in total. The number of methoxy groups -OCH3 is 1. The highest BCUT2D eigenvalue weighted by Crippen LogP contribution is 2.35. The first-order valence-electron chi connectivity index (χ1n) is 16.2. The minimum atomic E-state index is -1.17. The normalized spacial score (nSPS) is 15.0. The van der Waals surface area contributed by atoms with E-state index in [1.165, 1.54) is 7.11 Å². The molecule has 0 fully saturated rings. The molecule has 5 aromatic carbocycles. The van der Waals surface area contributed by atoms with Gasteiger partial charge in [-0.1, -0.05) is 78.9 Å². The van der Waals surface area contributed by atoms with E-state index in [1.807, 2.05) is 61.5 Å². The lowest BCUT2D eigenvalue weighted by molar-refractivity contribution is -0.136. The van der Waals surface area contributed by atoms with Crippen molar-refractivity contribution >= 4 is 39.8 Å². The summed E-state index contributed by atoms with van der Waals surface area (Å²) in [6.07, 6.45) is 0.460. The van der Waals surface area contributed by atoms with Crippen LogP contribution in [0.5, 0.6) is 17.2 Å². The Kier molecular flexibility index (Phi) is 10.4. The van der Waals surface area contributed by atoms with Gasteiger partial charge in [-0.05, 0) is 64.7 Å². The number of ether oxygens (including phenoxy) is 4. The summed E-state index contributed by atoms with van der Waals surface area (Å²) in [5.74, 6) is 0.818. The highest BCUT2D eigenvalue weighted by Gasteiger charge is 2.32. The number of allylic oxidation sites excluding steroid dienone is 1. The van der Waals surface area contributed by atoms with Crippen LogP contribution < -0.4 is 30.3 Å². The van der Waals surface area contributed by atoms with E-state index in [2.05, 4.69) is 45.4 Å². The number of nitrogens with zero attached hydrogens (tertiary/aromatic N) is 1. The predicted octanol–water partition coefficient (Wildman–Crippen LogP) is 6.09. The van der Waals surface area contributed by atoms with Gasteiger partial charge in [0.25, 0.3) is 0 Å². The Morgan fingerprint density at radius 2 is 1.62 bits per heavy atom. The third-order valence-electron chi connectivity index (χ3n) is 8.28. The van der Waals surface area contributed by atoms with Crippen molar-refractivity contribution in [2.45, 2.75) is 32.7 Å². The summed E-state index contributed by atoms with van der Waals surface area (Å²) in [6, 6.07) is 30.1. The van der Waals surface area contributed by atoms with E-state index in [-0.39, 0.29) is 12.2 Å². The number of carbonyl (C=O) groups is 2. The predicted molar refractivity (Wildman–Crippen MR) is 191 cm³/mol. The van der Waals surface area contributed by atoms with Crippen molar-refractivity contribution < 1.29 is 33.6 Å². The van der Waals surface area contributed by atoms with Gasteiger partial charge in [0.2, 0.25) is 0 Å². The van der Waals surface area contributed by atoms with E-state index in [0.717, 1.165) is 32.7 Å². The zero-order valence-electron chi connectivity index (χ0n) is 27.9. The van der Waals surface area contributed by atoms with Gasteiger partial charge < -0.3 is 34.7 Å². The maximum Gasteiger partial charge on any atom is 0.337 e. The molecule has 0 saturated carbocycles. The molecule has 256 valence electrons. The molecule has 5 aromatic rings. The Morgan fingerprint density at radius 3 is 2.40 bits per heavy atom. The quantitative estimate of drug-likeness (QED) is 0.0509. The number of benzene rings is 5. The fraction of sp³-hybridized carbons (Fsp3) is 0.205. The minimum absolute atomic E-state index is 0.159. The highest BCUT2D eigenvalue weighted by atomic mass is 16.5. The van der Waals surface area contributed by atoms with Crippen LogP contribution in [0, 0.1) is 0 Å². The molecule has 50 heavy (non-hydrogen) atoms. The van der Waals surface area contributed by atoms with Crippen LogP contribution in [0.15, 0.2) is 113 Å².